The normalized spacial score (nSPS) is 30.7. The van der Waals surface area contributed by atoms with E-state index in [2.05, 4.69) is 0 Å². The molecule has 1 N–H and O–H groups in total. The van der Waals surface area contributed by atoms with E-state index in [0.29, 0.717) is 6.61 Å². The molecule has 3 atom stereocenters. The van der Waals surface area contributed by atoms with Crippen molar-refractivity contribution < 1.29 is 14.6 Å². The van der Waals surface area contributed by atoms with Crippen molar-refractivity contribution in [3.05, 3.63) is 35.9 Å². The van der Waals surface area contributed by atoms with Crippen molar-refractivity contribution >= 4 is 0 Å². The fourth-order valence-corrected chi connectivity index (χ4v) is 1.75. The third kappa shape index (κ3) is 2.78. The van der Waals surface area contributed by atoms with Gasteiger partial charge >= 0.3 is 0 Å². The molecule has 1 aromatic rings. The molecule has 3 unspecified atom stereocenters. The topological polar surface area (TPSA) is 38.7 Å². The maximum atomic E-state index is 9.49. The van der Waals surface area contributed by atoms with Gasteiger partial charge in [0.15, 0.2) is 6.29 Å². The van der Waals surface area contributed by atoms with Crippen LogP contribution in [0.2, 0.25) is 0 Å². The lowest BCUT2D eigenvalue weighted by Crippen LogP contribution is -2.23. The molecule has 1 saturated heterocycles. The molecule has 0 aromatic heterocycles. The van der Waals surface area contributed by atoms with Gasteiger partial charge in [-0.15, -0.1) is 0 Å². The summed E-state index contributed by atoms with van der Waals surface area (Å²) in [7, 11) is 0. The molecule has 2 rings (SSSR count). The summed E-state index contributed by atoms with van der Waals surface area (Å²) in [6, 6.07) is 9.93. The van der Waals surface area contributed by atoms with Crippen molar-refractivity contribution in [2.45, 2.75) is 38.4 Å². The van der Waals surface area contributed by atoms with Crippen molar-refractivity contribution in [2.75, 3.05) is 0 Å². The number of rotatable bonds is 3. The largest absolute Gasteiger partial charge is 0.368 e. The number of hydrogen-bond acceptors (Lipinski definition) is 3. The van der Waals surface area contributed by atoms with Crippen LogP contribution in [-0.4, -0.2) is 23.6 Å². The molecular weight excluding hydrogens is 192 g/mol. The molecule has 0 bridgehead atoms. The van der Waals surface area contributed by atoms with Crippen molar-refractivity contribution in [2.24, 2.45) is 0 Å². The van der Waals surface area contributed by atoms with Crippen LogP contribution in [0.3, 0.4) is 0 Å². The fraction of sp³-hybridized carbons (Fsp3) is 0.500. The molecule has 3 nitrogen and oxygen atoms in total. The molecule has 0 aliphatic carbocycles. The molecule has 1 aliphatic rings. The summed E-state index contributed by atoms with van der Waals surface area (Å²) in [6.07, 6.45) is -0.127. The summed E-state index contributed by atoms with van der Waals surface area (Å²) in [6.45, 7) is 2.47. The molecule has 1 aliphatic heterocycles. The summed E-state index contributed by atoms with van der Waals surface area (Å²) >= 11 is 0. The highest BCUT2D eigenvalue weighted by Crippen LogP contribution is 2.22. The second-order valence-corrected chi connectivity index (χ2v) is 3.91. The second kappa shape index (κ2) is 4.75. The smallest absolute Gasteiger partial charge is 0.181 e. The number of aliphatic hydroxyl groups is 1. The average molecular weight is 208 g/mol. The van der Waals surface area contributed by atoms with Gasteiger partial charge in [-0.3, -0.25) is 0 Å². The highest BCUT2D eigenvalue weighted by molar-refractivity contribution is 5.13. The molecule has 0 radical (unpaired) electrons. The first-order valence-electron chi connectivity index (χ1n) is 5.25. The van der Waals surface area contributed by atoms with Crippen molar-refractivity contribution in [1.82, 2.24) is 0 Å². The molecule has 1 heterocycles. The van der Waals surface area contributed by atoms with Gasteiger partial charge in [-0.2, -0.15) is 0 Å². The van der Waals surface area contributed by atoms with E-state index in [1.54, 1.807) is 0 Å². The first-order chi connectivity index (χ1) is 7.25. The number of benzene rings is 1. The molecule has 0 saturated carbocycles. The van der Waals surface area contributed by atoms with E-state index >= 15 is 0 Å². The van der Waals surface area contributed by atoms with Gasteiger partial charge in [-0.25, -0.2) is 0 Å². The van der Waals surface area contributed by atoms with Gasteiger partial charge in [-0.1, -0.05) is 30.3 Å². The van der Waals surface area contributed by atoms with Gasteiger partial charge in [0.25, 0.3) is 0 Å². The van der Waals surface area contributed by atoms with Crippen LogP contribution in [-0.2, 0) is 16.1 Å². The monoisotopic (exact) mass is 208 g/mol. The summed E-state index contributed by atoms with van der Waals surface area (Å²) < 4.78 is 10.8. The van der Waals surface area contributed by atoms with Gasteiger partial charge in [0.1, 0.15) is 6.10 Å². The lowest BCUT2D eigenvalue weighted by molar-refractivity contribution is -0.142. The Labute approximate surface area is 89.6 Å². The quantitative estimate of drug-likeness (QED) is 0.821. The molecule has 1 aromatic carbocycles. The Kier molecular flexibility index (Phi) is 3.36. The zero-order chi connectivity index (χ0) is 10.7. The fourth-order valence-electron chi connectivity index (χ4n) is 1.75. The summed E-state index contributed by atoms with van der Waals surface area (Å²) in [5.41, 5.74) is 1.12. The molecule has 82 valence electrons. The van der Waals surface area contributed by atoms with Gasteiger partial charge in [0.2, 0.25) is 0 Å². The summed E-state index contributed by atoms with van der Waals surface area (Å²) in [5.74, 6) is 0. The minimum Gasteiger partial charge on any atom is -0.368 e. The molecule has 1 fully saturated rings. The third-order valence-electron chi connectivity index (χ3n) is 2.56. The van der Waals surface area contributed by atoms with E-state index in [-0.39, 0.29) is 12.2 Å². The maximum Gasteiger partial charge on any atom is 0.181 e. The standard InChI is InChI=1S/C12H16O3/c1-9-7-11(12(13)15-9)14-8-10-5-3-2-4-6-10/h2-6,9,11-13H,7-8H2,1H3. The van der Waals surface area contributed by atoms with Crippen LogP contribution in [0.4, 0.5) is 0 Å². The molecule has 3 heteroatoms. The summed E-state index contributed by atoms with van der Waals surface area (Å²) in [5, 5.41) is 9.49. The molecule has 0 amide bonds. The minimum atomic E-state index is -0.774. The van der Waals surface area contributed by atoms with E-state index in [4.69, 9.17) is 9.47 Å². The minimum absolute atomic E-state index is 0.0840. The Morgan fingerprint density at radius 1 is 1.40 bits per heavy atom. The van der Waals surface area contributed by atoms with Crippen LogP contribution in [0.25, 0.3) is 0 Å². The number of hydrogen-bond donors (Lipinski definition) is 1. The van der Waals surface area contributed by atoms with Gasteiger partial charge in [-0.05, 0) is 12.5 Å². The van der Waals surface area contributed by atoms with Crippen LogP contribution in [0.1, 0.15) is 18.9 Å². The highest BCUT2D eigenvalue weighted by Gasteiger charge is 2.31. The first-order valence-corrected chi connectivity index (χ1v) is 5.25. The Balaban J connectivity index is 1.84. The Hall–Kier alpha value is -0.900. The van der Waals surface area contributed by atoms with Crippen molar-refractivity contribution in [3.8, 4) is 0 Å². The highest BCUT2D eigenvalue weighted by atomic mass is 16.6. The average Bonchev–Trinajstić information content (AvgIpc) is 2.56. The van der Waals surface area contributed by atoms with Gasteiger partial charge in [0, 0.05) is 6.42 Å². The SMILES string of the molecule is CC1CC(OCc2ccccc2)C(O)O1. The zero-order valence-corrected chi connectivity index (χ0v) is 8.80. The zero-order valence-electron chi connectivity index (χ0n) is 8.80. The predicted octanol–water partition coefficient (Wildman–Crippen LogP) is 1.70. The third-order valence-corrected chi connectivity index (χ3v) is 2.56. The predicted molar refractivity (Wildman–Crippen MR) is 56.2 cm³/mol. The van der Waals surface area contributed by atoms with Crippen LogP contribution in [0.5, 0.6) is 0 Å². The Morgan fingerprint density at radius 3 is 2.73 bits per heavy atom. The maximum absolute atomic E-state index is 9.49. The second-order valence-electron chi connectivity index (χ2n) is 3.91. The van der Waals surface area contributed by atoms with Gasteiger partial charge < -0.3 is 14.6 Å². The lowest BCUT2D eigenvalue weighted by Gasteiger charge is -2.13. The number of aliphatic hydroxyl groups excluding tert-OH is 1. The van der Waals surface area contributed by atoms with Crippen LogP contribution in [0, 0.1) is 0 Å². The van der Waals surface area contributed by atoms with Gasteiger partial charge in [0.05, 0.1) is 12.7 Å². The first kappa shape index (κ1) is 10.6. The van der Waals surface area contributed by atoms with Crippen LogP contribution >= 0.6 is 0 Å². The molecule has 0 spiro atoms. The Morgan fingerprint density at radius 2 is 2.13 bits per heavy atom. The Bertz CT molecular complexity index is 299. The van der Waals surface area contributed by atoms with E-state index in [0.717, 1.165) is 12.0 Å². The van der Waals surface area contributed by atoms with E-state index in [1.807, 2.05) is 37.3 Å². The lowest BCUT2D eigenvalue weighted by atomic mass is 10.2. The molecule has 15 heavy (non-hydrogen) atoms. The number of ether oxygens (including phenoxy) is 2. The van der Waals surface area contributed by atoms with Crippen molar-refractivity contribution in [3.63, 3.8) is 0 Å². The van der Waals surface area contributed by atoms with Crippen molar-refractivity contribution in [1.29, 1.82) is 0 Å². The summed E-state index contributed by atoms with van der Waals surface area (Å²) in [4.78, 5) is 0. The molecular formula is C12H16O3. The van der Waals surface area contributed by atoms with E-state index in [9.17, 15) is 5.11 Å². The van der Waals surface area contributed by atoms with E-state index in [1.165, 1.54) is 0 Å². The van der Waals surface area contributed by atoms with Crippen LogP contribution < -0.4 is 0 Å². The van der Waals surface area contributed by atoms with Crippen LogP contribution in [0.15, 0.2) is 30.3 Å². The van der Waals surface area contributed by atoms with E-state index < -0.39 is 6.29 Å².